The first-order valence-electron chi connectivity index (χ1n) is 3.72. The van der Waals surface area contributed by atoms with Gasteiger partial charge < -0.3 is 15.8 Å². The van der Waals surface area contributed by atoms with Gasteiger partial charge in [0, 0.05) is 10.9 Å². The summed E-state index contributed by atoms with van der Waals surface area (Å²) in [5.41, 5.74) is 7.13. The van der Waals surface area contributed by atoms with Crippen molar-refractivity contribution in [3.05, 3.63) is 23.9 Å². The second-order valence-electron chi connectivity index (χ2n) is 2.76. The number of phenols is 1. The highest BCUT2D eigenvalue weighted by atomic mass is 16.3. The van der Waals surface area contributed by atoms with E-state index in [-0.39, 0.29) is 5.75 Å². The summed E-state index contributed by atoms with van der Waals surface area (Å²) in [4.78, 5) is 2.84. The van der Waals surface area contributed by atoms with E-state index in [2.05, 4.69) is 4.98 Å². The lowest BCUT2D eigenvalue weighted by atomic mass is 10.2. The molecule has 0 atom stereocenters. The molecule has 4 N–H and O–H groups in total. The molecule has 0 aliphatic heterocycles. The Kier molecular flexibility index (Phi) is 1.40. The maximum absolute atomic E-state index is 9.18. The van der Waals surface area contributed by atoms with Gasteiger partial charge in [0.15, 0.2) is 0 Å². The van der Waals surface area contributed by atoms with Crippen molar-refractivity contribution in [3.8, 4) is 11.8 Å². The maximum Gasteiger partial charge on any atom is 0.141 e. The highest BCUT2D eigenvalue weighted by Gasteiger charge is 2.07. The van der Waals surface area contributed by atoms with Crippen LogP contribution in [-0.2, 0) is 0 Å². The first kappa shape index (κ1) is 7.50. The third kappa shape index (κ3) is 0.983. The van der Waals surface area contributed by atoms with Gasteiger partial charge >= 0.3 is 0 Å². The number of nitrogens with two attached hydrogens (primary N) is 1. The van der Waals surface area contributed by atoms with Gasteiger partial charge in [0.1, 0.15) is 17.5 Å². The van der Waals surface area contributed by atoms with Crippen LogP contribution in [0.1, 0.15) is 5.69 Å². The van der Waals surface area contributed by atoms with E-state index in [9.17, 15) is 5.11 Å². The number of hydrogen-bond acceptors (Lipinski definition) is 3. The van der Waals surface area contributed by atoms with Crippen LogP contribution < -0.4 is 5.73 Å². The Morgan fingerprint density at radius 3 is 2.92 bits per heavy atom. The zero-order valence-corrected chi connectivity index (χ0v) is 6.70. The number of hydrogen-bond donors (Lipinski definition) is 3. The Bertz CT molecular complexity index is 507. The monoisotopic (exact) mass is 173 g/mol. The van der Waals surface area contributed by atoms with Gasteiger partial charge in [-0.3, -0.25) is 0 Å². The van der Waals surface area contributed by atoms with E-state index in [4.69, 9.17) is 11.0 Å². The molecule has 0 radical (unpaired) electrons. The number of aromatic nitrogens is 1. The summed E-state index contributed by atoms with van der Waals surface area (Å²) in [6, 6.07) is 6.70. The van der Waals surface area contributed by atoms with E-state index in [1.54, 1.807) is 12.1 Å². The molecule has 1 aromatic heterocycles. The quantitative estimate of drug-likeness (QED) is 0.561. The van der Waals surface area contributed by atoms with Crippen molar-refractivity contribution in [2.24, 2.45) is 0 Å². The largest absolute Gasteiger partial charge is 0.508 e. The summed E-state index contributed by atoms with van der Waals surface area (Å²) >= 11 is 0. The highest BCUT2D eigenvalue weighted by molar-refractivity contribution is 5.95. The van der Waals surface area contributed by atoms with Gasteiger partial charge in [0.05, 0.1) is 5.69 Å². The van der Waals surface area contributed by atoms with Crippen LogP contribution in [0.5, 0.6) is 5.75 Å². The number of nitriles is 1. The number of rotatable bonds is 0. The summed E-state index contributed by atoms with van der Waals surface area (Å²) in [6.07, 6.45) is 0. The van der Waals surface area contributed by atoms with Crippen molar-refractivity contribution in [2.75, 3.05) is 5.73 Å². The van der Waals surface area contributed by atoms with Crippen LogP contribution in [0, 0.1) is 11.3 Å². The molecule has 0 amide bonds. The Morgan fingerprint density at radius 1 is 1.46 bits per heavy atom. The van der Waals surface area contributed by atoms with E-state index < -0.39 is 0 Å². The molecule has 2 aromatic rings. The van der Waals surface area contributed by atoms with Crippen molar-refractivity contribution in [1.29, 1.82) is 5.26 Å². The summed E-state index contributed by atoms with van der Waals surface area (Å²) in [7, 11) is 0. The number of fused-ring (bicyclic) bond motifs is 1. The molecule has 2 rings (SSSR count). The van der Waals surface area contributed by atoms with Crippen LogP contribution in [-0.4, -0.2) is 10.1 Å². The number of nitrogens with one attached hydrogen (secondary N) is 1. The van der Waals surface area contributed by atoms with Gasteiger partial charge in [-0.25, -0.2) is 0 Å². The Balaban J connectivity index is 2.87. The predicted molar refractivity (Wildman–Crippen MR) is 49.1 cm³/mol. The number of H-pyrrole nitrogens is 1. The first-order chi connectivity index (χ1) is 6.22. The SMILES string of the molecule is N#Cc1[nH]c2ccc(O)cc2c1N. The number of benzene rings is 1. The Labute approximate surface area is 74.2 Å². The van der Waals surface area contributed by atoms with Crippen molar-refractivity contribution in [1.82, 2.24) is 4.98 Å². The summed E-state index contributed by atoms with van der Waals surface area (Å²) in [6.45, 7) is 0. The molecule has 0 saturated heterocycles. The van der Waals surface area contributed by atoms with Crippen LogP contribution in [0.15, 0.2) is 18.2 Å². The van der Waals surface area contributed by atoms with Gasteiger partial charge in [-0.1, -0.05) is 0 Å². The van der Waals surface area contributed by atoms with Gasteiger partial charge in [0.25, 0.3) is 0 Å². The zero-order valence-electron chi connectivity index (χ0n) is 6.70. The number of nitrogen functional groups attached to an aromatic ring is 1. The lowest BCUT2D eigenvalue weighted by molar-refractivity contribution is 0.476. The Hall–Kier alpha value is -2.15. The summed E-state index contributed by atoms with van der Waals surface area (Å²) < 4.78 is 0. The molecule has 4 heteroatoms. The lowest BCUT2D eigenvalue weighted by Gasteiger charge is -1.92. The zero-order chi connectivity index (χ0) is 9.42. The fraction of sp³-hybridized carbons (Fsp3) is 0. The summed E-state index contributed by atoms with van der Waals surface area (Å²) in [5, 5.41) is 18.5. The van der Waals surface area contributed by atoms with E-state index in [1.165, 1.54) is 6.07 Å². The first-order valence-corrected chi connectivity index (χ1v) is 3.72. The average Bonchev–Trinajstić information content (AvgIpc) is 2.44. The molecule has 1 heterocycles. The van der Waals surface area contributed by atoms with Crippen molar-refractivity contribution >= 4 is 16.6 Å². The molecule has 4 nitrogen and oxygen atoms in total. The topological polar surface area (TPSA) is 85.8 Å². The van der Waals surface area contributed by atoms with Crippen molar-refractivity contribution < 1.29 is 5.11 Å². The van der Waals surface area contributed by atoms with E-state index >= 15 is 0 Å². The molecule has 0 bridgehead atoms. The maximum atomic E-state index is 9.18. The van der Waals surface area contributed by atoms with E-state index in [0.717, 1.165) is 5.52 Å². The van der Waals surface area contributed by atoms with Crippen molar-refractivity contribution in [2.45, 2.75) is 0 Å². The molecule has 0 unspecified atom stereocenters. The molecule has 0 fully saturated rings. The minimum absolute atomic E-state index is 0.141. The third-order valence-electron chi connectivity index (χ3n) is 1.93. The Morgan fingerprint density at radius 2 is 2.23 bits per heavy atom. The molecule has 13 heavy (non-hydrogen) atoms. The molecule has 0 aliphatic rings. The number of anilines is 1. The molecule has 1 aromatic carbocycles. The second-order valence-corrected chi connectivity index (χ2v) is 2.76. The molecule has 0 spiro atoms. The predicted octanol–water partition coefficient (Wildman–Crippen LogP) is 1.33. The van der Waals surface area contributed by atoms with Crippen LogP contribution in [0.25, 0.3) is 10.9 Å². The average molecular weight is 173 g/mol. The van der Waals surface area contributed by atoms with E-state index in [1.807, 2.05) is 6.07 Å². The molecular formula is C9H7N3O. The van der Waals surface area contributed by atoms with Gasteiger partial charge in [-0.15, -0.1) is 0 Å². The van der Waals surface area contributed by atoms with Crippen LogP contribution >= 0.6 is 0 Å². The fourth-order valence-corrected chi connectivity index (χ4v) is 1.29. The van der Waals surface area contributed by atoms with Crippen LogP contribution in [0.2, 0.25) is 0 Å². The minimum Gasteiger partial charge on any atom is -0.508 e. The molecule has 0 aliphatic carbocycles. The van der Waals surface area contributed by atoms with Crippen LogP contribution in [0.4, 0.5) is 5.69 Å². The number of aromatic hydroxyl groups is 1. The third-order valence-corrected chi connectivity index (χ3v) is 1.93. The highest BCUT2D eigenvalue weighted by Crippen LogP contribution is 2.27. The lowest BCUT2D eigenvalue weighted by Crippen LogP contribution is -1.85. The van der Waals surface area contributed by atoms with Gasteiger partial charge in [-0.05, 0) is 18.2 Å². The molecule has 64 valence electrons. The second kappa shape index (κ2) is 2.42. The minimum atomic E-state index is 0.141. The number of aromatic amines is 1. The van der Waals surface area contributed by atoms with Crippen molar-refractivity contribution in [3.63, 3.8) is 0 Å². The van der Waals surface area contributed by atoms with E-state index in [0.29, 0.717) is 16.8 Å². The number of phenolic OH excluding ortho intramolecular Hbond substituents is 1. The number of nitrogens with zero attached hydrogens (tertiary/aromatic N) is 1. The van der Waals surface area contributed by atoms with Crippen LogP contribution in [0.3, 0.4) is 0 Å². The smallest absolute Gasteiger partial charge is 0.141 e. The van der Waals surface area contributed by atoms with Gasteiger partial charge in [0.2, 0.25) is 0 Å². The normalized spacial score (nSPS) is 10.1. The van der Waals surface area contributed by atoms with Gasteiger partial charge in [-0.2, -0.15) is 5.26 Å². The fourth-order valence-electron chi connectivity index (χ4n) is 1.29. The molecule has 0 saturated carbocycles. The molecular weight excluding hydrogens is 166 g/mol. The standard InChI is InChI=1S/C9H7N3O/c10-4-8-9(11)6-3-5(13)1-2-7(6)12-8/h1-3,12-13H,11H2. The summed E-state index contributed by atoms with van der Waals surface area (Å²) in [5.74, 6) is 0.141.